The van der Waals surface area contributed by atoms with Gasteiger partial charge in [0.2, 0.25) is 0 Å². The predicted molar refractivity (Wildman–Crippen MR) is 46.5 cm³/mol. The van der Waals surface area contributed by atoms with Crippen molar-refractivity contribution >= 4 is 5.91 Å². The number of carbonyl (C=O) groups is 1. The Hall–Kier alpha value is -1.32. The summed E-state index contributed by atoms with van der Waals surface area (Å²) in [5.74, 6) is 1.36. The lowest BCUT2D eigenvalue weighted by Crippen LogP contribution is -2.19. The molecule has 0 radical (unpaired) electrons. The minimum absolute atomic E-state index is 0.0648. The molecule has 2 aliphatic rings. The molecule has 1 saturated carbocycles. The van der Waals surface area contributed by atoms with Crippen molar-refractivity contribution in [3.05, 3.63) is 17.0 Å². The van der Waals surface area contributed by atoms with Gasteiger partial charge in [-0.2, -0.15) is 5.10 Å². The van der Waals surface area contributed by atoms with Crippen LogP contribution in [0.5, 0.6) is 0 Å². The summed E-state index contributed by atoms with van der Waals surface area (Å²) in [7, 11) is 1.64. The summed E-state index contributed by atoms with van der Waals surface area (Å²) in [5, 5.41) is 9.61. The van der Waals surface area contributed by atoms with E-state index in [0.29, 0.717) is 11.6 Å². The van der Waals surface area contributed by atoms with Crippen molar-refractivity contribution in [2.24, 2.45) is 5.92 Å². The van der Waals surface area contributed by atoms with Crippen LogP contribution in [-0.4, -0.2) is 23.2 Å². The molecule has 68 valence electrons. The number of nitrogens with zero attached hydrogens (tertiary/aromatic N) is 1. The molecule has 2 unspecified atom stereocenters. The average molecular weight is 177 g/mol. The van der Waals surface area contributed by atoms with E-state index in [1.807, 2.05) is 0 Å². The van der Waals surface area contributed by atoms with Gasteiger partial charge in [0.25, 0.3) is 5.91 Å². The second kappa shape index (κ2) is 2.13. The first-order chi connectivity index (χ1) is 6.31. The number of amides is 1. The predicted octanol–water partition coefficient (Wildman–Crippen LogP) is 0.429. The third-order valence-electron chi connectivity index (χ3n) is 3.08. The quantitative estimate of drug-likeness (QED) is 0.653. The molecule has 4 heteroatoms. The molecule has 1 fully saturated rings. The second-order valence-corrected chi connectivity index (χ2v) is 3.85. The highest BCUT2D eigenvalue weighted by atomic mass is 16.1. The van der Waals surface area contributed by atoms with Crippen LogP contribution in [0.25, 0.3) is 0 Å². The van der Waals surface area contributed by atoms with Crippen LogP contribution in [-0.2, 0) is 6.42 Å². The second-order valence-electron chi connectivity index (χ2n) is 3.85. The van der Waals surface area contributed by atoms with Crippen LogP contribution in [0, 0.1) is 5.92 Å². The number of fused-ring (bicyclic) bond motifs is 3. The zero-order chi connectivity index (χ0) is 9.00. The zero-order valence-electron chi connectivity index (χ0n) is 7.42. The maximum Gasteiger partial charge on any atom is 0.271 e. The van der Waals surface area contributed by atoms with Crippen LogP contribution in [0.15, 0.2) is 0 Å². The van der Waals surface area contributed by atoms with Crippen molar-refractivity contribution in [1.82, 2.24) is 15.5 Å². The minimum Gasteiger partial charge on any atom is -0.354 e. The molecule has 0 spiro atoms. The average Bonchev–Trinajstić information content (AvgIpc) is 2.61. The molecule has 0 bridgehead atoms. The lowest BCUT2D eigenvalue weighted by molar-refractivity contribution is 0.0957. The van der Waals surface area contributed by atoms with E-state index in [-0.39, 0.29) is 5.91 Å². The summed E-state index contributed by atoms with van der Waals surface area (Å²) in [6.45, 7) is 0. The number of aromatic amines is 1. The fraction of sp³-hybridized carbons (Fsp3) is 0.556. The van der Waals surface area contributed by atoms with Crippen LogP contribution in [0.4, 0.5) is 0 Å². The molecule has 4 nitrogen and oxygen atoms in total. The molecular weight excluding hydrogens is 166 g/mol. The molecule has 0 aliphatic heterocycles. The minimum atomic E-state index is -0.0648. The molecule has 3 rings (SSSR count). The number of nitrogens with one attached hydrogen (secondary N) is 2. The normalized spacial score (nSPS) is 28.1. The van der Waals surface area contributed by atoms with E-state index in [1.54, 1.807) is 7.05 Å². The molecular formula is C9H11N3O. The standard InChI is InChI=1S/C9H11N3O/c1-10-9(13)8-7-5-2-4(5)3-6(7)11-12-8/h4-5H,2-3H2,1H3,(H,10,13)(H,11,12). The molecule has 2 N–H and O–H groups in total. The highest BCUT2D eigenvalue weighted by molar-refractivity contribution is 5.94. The van der Waals surface area contributed by atoms with Gasteiger partial charge >= 0.3 is 0 Å². The topological polar surface area (TPSA) is 57.8 Å². The number of carbonyl (C=O) groups excluding carboxylic acids is 1. The van der Waals surface area contributed by atoms with Crippen molar-refractivity contribution in [1.29, 1.82) is 0 Å². The lowest BCUT2D eigenvalue weighted by atomic mass is 10.1. The van der Waals surface area contributed by atoms with Gasteiger partial charge in [0.1, 0.15) is 0 Å². The molecule has 0 saturated heterocycles. The molecule has 2 aliphatic carbocycles. The van der Waals surface area contributed by atoms with Crippen molar-refractivity contribution in [2.75, 3.05) is 7.05 Å². The Balaban J connectivity index is 2.07. The Morgan fingerprint density at radius 1 is 1.69 bits per heavy atom. The van der Waals surface area contributed by atoms with E-state index in [2.05, 4.69) is 15.5 Å². The highest BCUT2D eigenvalue weighted by Gasteiger charge is 2.48. The third-order valence-corrected chi connectivity index (χ3v) is 3.08. The van der Waals surface area contributed by atoms with Gasteiger partial charge in [-0.1, -0.05) is 0 Å². The van der Waals surface area contributed by atoms with E-state index in [0.717, 1.165) is 12.3 Å². The number of hydrogen-bond donors (Lipinski definition) is 2. The van der Waals surface area contributed by atoms with Gasteiger partial charge in [-0.25, -0.2) is 0 Å². The first-order valence-corrected chi connectivity index (χ1v) is 4.60. The highest BCUT2D eigenvalue weighted by Crippen LogP contribution is 2.56. The summed E-state index contributed by atoms with van der Waals surface area (Å²) in [6, 6.07) is 0. The molecule has 1 heterocycles. The van der Waals surface area contributed by atoms with Gasteiger partial charge < -0.3 is 5.32 Å². The fourth-order valence-electron chi connectivity index (χ4n) is 2.32. The summed E-state index contributed by atoms with van der Waals surface area (Å²) in [6.07, 6.45) is 2.33. The number of aromatic nitrogens is 2. The van der Waals surface area contributed by atoms with Crippen molar-refractivity contribution in [2.45, 2.75) is 18.8 Å². The van der Waals surface area contributed by atoms with Crippen molar-refractivity contribution in [3.63, 3.8) is 0 Å². The first kappa shape index (κ1) is 7.12. The fourth-order valence-corrected chi connectivity index (χ4v) is 2.32. The first-order valence-electron chi connectivity index (χ1n) is 4.60. The maximum absolute atomic E-state index is 11.4. The van der Waals surface area contributed by atoms with Crippen molar-refractivity contribution in [3.8, 4) is 0 Å². The van der Waals surface area contributed by atoms with Crippen LogP contribution in [0.2, 0.25) is 0 Å². The van der Waals surface area contributed by atoms with Crippen LogP contribution in [0.3, 0.4) is 0 Å². The number of H-pyrrole nitrogens is 1. The third kappa shape index (κ3) is 0.802. The van der Waals surface area contributed by atoms with Crippen molar-refractivity contribution < 1.29 is 4.79 Å². The van der Waals surface area contributed by atoms with Gasteiger partial charge in [-0.3, -0.25) is 9.89 Å². The van der Waals surface area contributed by atoms with E-state index >= 15 is 0 Å². The molecule has 2 atom stereocenters. The zero-order valence-corrected chi connectivity index (χ0v) is 7.42. The summed E-state index contributed by atoms with van der Waals surface area (Å²) >= 11 is 0. The van der Waals surface area contributed by atoms with Gasteiger partial charge in [-0.15, -0.1) is 0 Å². The Labute approximate surface area is 75.7 Å². The monoisotopic (exact) mass is 177 g/mol. The largest absolute Gasteiger partial charge is 0.354 e. The van der Waals surface area contributed by atoms with Gasteiger partial charge in [0.05, 0.1) is 0 Å². The Morgan fingerprint density at radius 2 is 2.54 bits per heavy atom. The SMILES string of the molecule is CNC(=O)c1n[nH]c2c1C1CC1C2. The van der Waals surface area contributed by atoms with E-state index < -0.39 is 0 Å². The van der Waals surface area contributed by atoms with Crippen LogP contribution >= 0.6 is 0 Å². The van der Waals surface area contributed by atoms with Gasteiger partial charge in [-0.05, 0) is 24.7 Å². The Kier molecular flexibility index (Phi) is 1.17. The van der Waals surface area contributed by atoms with Gasteiger partial charge in [0, 0.05) is 18.3 Å². The number of rotatable bonds is 1. The summed E-state index contributed by atoms with van der Waals surface area (Å²) in [5.41, 5.74) is 2.98. The molecule has 1 aromatic rings. The summed E-state index contributed by atoms with van der Waals surface area (Å²) in [4.78, 5) is 11.4. The molecule has 1 aromatic heterocycles. The number of hydrogen-bond acceptors (Lipinski definition) is 2. The maximum atomic E-state index is 11.4. The molecule has 0 aromatic carbocycles. The molecule has 13 heavy (non-hydrogen) atoms. The van der Waals surface area contributed by atoms with E-state index in [4.69, 9.17) is 0 Å². The van der Waals surface area contributed by atoms with Crippen LogP contribution in [0.1, 0.15) is 34.1 Å². The Bertz CT molecular complexity index is 382. The summed E-state index contributed by atoms with van der Waals surface area (Å²) < 4.78 is 0. The Morgan fingerprint density at radius 3 is 3.31 bits per heavy atom. The van der Waals surface area contributed by atoms with Crippen LogP contribution < -0.4 is 5.32 Å². The molecule has 1 amide bonds. The van der Waals surface area contributed by atoms with Gasteiger partial charge in [0.15, 0.2) is 5.69 Å². The van der Waals surface area contributed by atoms with E-state index in [9.17, 15) is 4.79 Å². The van der Waals surface area contributed by atoms with E-state index in [1.165, 1.54) is 17.7 Å². The lowest BCUT2D eigenvalue weighted by Gasteiger charge is -1.97. The smallest absolute Gasteiger partial charge is 0.271 e.